The van der Waals surface area contributed by atoms with Crippen molar-refractivity contribution in [2.75, 3.05) is 43.9 Å². The number of urea groups is 1. The lowest BCUT2D eigenvalue weighted by molar-refractivity contribution is -0.134. The van der Waals surface area contributed by atoms with Crippen LogP contribution in [0.5, 0.6) is 11.5 Å². The van der Waals surface area contributed by atoms with Crippen molar-refractivity contribution in [1.29, 1.82) is 0 Å². The number of carbonyl (C=O) groups excluding carboxylic acids is 2. The molecule has 4 rings (SSSR count). The monoisotopic (exact) mass is 624 g/mol. The number of hydrogen-bond donors (Lipinski definition) is 3. The van der Waals surface area contributed by atoms with Gasteiger partial charge in [0, 0.05) is 36.4 Å². The Morgan fingerprint density at radius 2 is 1.77 bits per heavy atom. The Labute approximate surface area is 258 Å². The number of anilines is 2. The van der Waals surface area contributed by atoms with Crippen LogP contribution in [0.4, 0.5) is 16.2 Å². The number of fused-ring (bicyclic) bond motifs is 1. The van der Waals surface area contributed by atoms with E-state index in [1.807, 2.05) is 13.8 Å². The van der Waals surface area contributed by atoms with Gasteiger partial charge in [-0.15, -0.1) is 0 Å². The molecule has 0 fully saturated rings. The molecule has 11 nitrogen and oxygen atoms in total. The second-order valence-corrected chi connectivity index (χ2v) is 12.9. The third-order valence-corrected chi connectivity index (χ3v) is 9.04. The zero-order chi connectivity index (χ0) is 32.0. The number of aliphatic hydroxyl groups excluding tert-OH is 1. The summed E-state index contributed by atoms with van der Waals surface area (Å²) in [6, 6.07) is 17.5. The summed E-state index contributed by atoms with van der Waals surface area (Å²) >= 11 is 0. The summed E-state index contributed by atoms with van der Waals surface area (Å²) in [7, 11) is -0.649. The summed E-state index contributed by atoms with van der Waals surface area (Å²) in [4.78, 5) is 29.8. The van der Waals surface area contributed by atoms with Crippen molar-refractivity contribution in [3.05, 3.63) is 77.9 Å². The molecule has 0 unspecified atom stereocenters. The number of rotatable bonds is 9. The van der Waals surface area contributed by atoms with Gasteiger partial charge in [-0.05, 0) is 68.4 Å². The molecule has 0 bridgehead atoms. The van der Waals surface area contributed by atoms with Crippen LogP contribution in [0.2, 0.25) is 0 Å². The average Bonchev–Trinajstić information content (AvgIpc) is 3.04. The Hall–Kier alpha value is -4.29. The molecule has 1 aliphatic heterocycles. The van der Waals surface area contributed by atoms with E-state index in [1.54, 1.807) is 80.6 Å². The molecule has 0 spiro atoms. The lowest BCUT2D eigenvalue weighted by Crippen LogP contribution is -2.48. The first kappa shape index (κ1) is 32.6. The van der Waals surface area contributed by atoms with E-state index in [2.05, 4.69) is 10.0 Å². The minimum absolute atomic E-state index is 0.0625. The highest BCUT2D eigenvalue weighted by molar-refractivity contribution is 7.92. The van der Waals surface area contributed by atoms with Gasteiger partial charge >= 0.3 is 6.03 Å². The van der Waals surface area contributed by atoms with E-state index >= 15 is 0 Å². The van der Waals surface area contributed by atoms with E-state index in [9.17, 15) is 23.1 Å². The average molecular weight is 625 g/mol. The van der Waals surface area contributed by atoms with Gasteiger partial charge in [-0.25, -0.2) is 13.2 Å². The van der Waals surface area contributed by atoms with E-state index in [1.165, 1.54) is 17.0 Å². The van der Waals surface area contributed by atoms with Crippen molar-refractivity contribution in [3.63, 3.8) is 0 Å². The fourth-order valence-electron chi connectivity index (χ4n) is 4.89. The molecular formula is C32H40N4O7S. The normalized spacial score (nSPS) is 17.7. The summed E-state index contributed by atoms with van der Waals surface area (Å²) in [6.45, 7) is 5.83. The number of carbonyl (C=O) groups is 2. The number of likely N-dealkylation sites (N-methyl/N-ethyl adjacent to an activating group) is 1. The highest BCUT2D eigenvalue weighted by atomic mass is 32.2. The van der Waals surface area contributed by atoms with Crippen LogP contribution in [0.25, 0.3) is 0 Å². The molecule has 236 valence electrons. The molecule has 1 aliphatic rings. The SMILES string of the molecule is COc1ccc(NC(=O)N(C)C[C@H]2Oc3ccc(NS(=O)(=O)c4ccc(C)cc4)cc3CC(=O)N([C@H](C)CO)C[C@H]2C)cc1. The van der Waals surface area contributed by atoms with E-state index in [4.69, 9.17) is 9.47 Å². The fraction of sp³-hybridized carbons (Fsp3) is 0.375. The van der Waals surface area contributed by atoms with Crippen molar-refractivity contribution >= 4 is 33.3 Å². The molecule has 0 saturated carbocycles. The number of nitrogens with zero attached hydrogens (tertiary/aromatic N) is 2. The third-order valence-electron chi connectivity index (χ3n) is 7.64. The second kappa shape index (κ2) is 14.0. The van der Waals surface area contributed by atoms with Gasteiger partial charge in [-0.3, -0.25) is 9.52 Å². The molecule has 0 aromatic heterocycles. The van der Waals surface area contributed by atoms with Gasteiger partial charge in [0.1, 0.15) is 17.6 Å². The first-order chi connectivity index (χ1) is 20.9. The number of aryl methyl sites for hydroxylation is 1. The van der Waals surface area contributed by atoms with Crippen LogP contribution < -0.4 is 19.5 Å². The van der Waals surface area contributed by atoms with Crippen LogP contribution in [0.3, 0.4) is 0 Å². The number of ether oxygens (including phenoxy) is 2. The Balaban J connectivity index is 1.60. The number of benzene rings is 3. The highest BCUT2D eigenvalue weighted by Crippen LogP contribution is 2.30. The number of sulfonamides is 1. The number of amides is 3. The predicted octanol–water partition coefficient (Wildman–Crippen LogP) is 4.12. The summed E-state index contributed by atoms with van der Waals surface area (Å²) in [5.41, 5.74) is 2.30. The van der Waals surface area contributed by atoms with Gasteiger partial charge in [-0.1, -0.05) is 24.6 Å². The summed E-state index contributed by atoms with van der Waals surface area (Å²) in [5, 5.41) is 12.8. The summed E-state index contributed by atoms with van der Waals surface area (Å²) in [5.74, 6) is 0.629. The number of hydrogen-bond acceptors (Lipinski definition) is 7. The van der Waals surface area contributed by atoms with Crippen molar-refractivity contribution in [1.82, 2.24) is 9.80 Å². The molecule has 3 amide bonds. The van der Waals surface area contributed by atoms with Crippen LogP contribution in [0.1, 0.15) is 25.0 Å². The van der Waals surface area contributed by atoms with E-state index in [0.717, 1.165) is 5.56 Å². The van der Waals surface area contributed by atoms with E-state index < -0.39 is 22.2 Å². The minimum atomic E-state index is -3.87. The van der Waals surface area contributed by atoms with Crippen LogP contribution in [0, 0.1) is 12.8 Å². The number of nitrogens with one attached hydrogen (secondary N) is 2. The molecule has 0 radical (unpaired) electrons. The second-order valence-electron chi connectivity index (χ2n) is 11.2. The predicted molar refractivity (Wildman–Crippen MR) is 169 cm³/mol. The molecule has 1 heterocycles. The maximum absolute atomic E-state index is 13.5. The smallest absolute Gasteiger partial charge is 0.321 e. The zero-order valence-electron chi connectivity index (χ0n) is 25.6. The highest BCUT2D eigenvalue weighted by Gasteiger charge is 2.32. The molecule has 12 heteroatoms. The van der Waals surface area contributed by atoms with Crippen LogP contribution in [-0.4, -0.2) is 81.3 Å². The Bertz CT molecular complexity index is 1560. The third kappa shape index (κ3) is 8.00. The maximum atomic E-state index is 13.5. The fourth-order valence-corrected chi connectivity index (χ4v) is 5.94. The van der Waals surface area contributed by atoms with E-state index in [0.29, 0.717) is 29.3 Å². The molecular weight excluding hydrogens is 584 g/mol. The lowest BCUT2D eigenvalue weighted by Gasteiger charge is -2.34. The summed E-state index contributed by atoms with van der Waals surface area (Å²) < 4.78 is 40.3. The van der Waals surface area contributed by atoms with Crippen molar-refractivity contribution < 1.29 is 32.6 Å². The molecule has 3 aromatic rings. The molecule has 44 heavy (non-hydrogen) atoms. The van der Waals surface area contributed by atoms with Gasteiger partial charge in [0.15, 0.2) is 0 Å². The maximum Gasteiger partial charge on any atom is 0.321 e. The van der Waals surface area contributed by atoms with Gasteiger partial charge in [0.05, 0.1) is 37.6 Å². The summed E-state index contributed by atoms with van der Waals surface area (Å²) in [6.07, 6.45) is -0.595. The number of aliphatic hydroxyl groups is 1. The first-order valence-electron chi connectivity index (χ1n) is 14.4. The lowest BCUT2D eigenvalue weighted by atomic mass is 10.0. The Morgan fingerprint density at radius 1 is 1.11 bits per heavy atom. The van der Waals surface area contributed by atoms with Gasteiger partial charge in [0.2, 0.25) is 5.91 Å². The minimum Gasteiger partial charge on any atom is -0.497 e. The van der Waals surface area contributed by atoms with Crippen LogP contribution in [0.15, 0.2) is 71.6 Å². The molecule has 3 atom stereocenters. The van der Waals surface area contributed by atoms with Gasteiger partial charge in [-0.2, -0.15) is 0 Å². The van der Waals surface area contributed by atoms with Gasteiger partial charge in [0.25, 0.3) is 10.0 Å². The Morgan fingerprint density at radius 3 is 2.41 bits per heavy atom. The first-order valence-corrected chi connectivity index (χ1v) is 15.8. The van der Waals surface area contributed by atoms with Gasteiger partial charge < -0.3 is 29.7 Å². The quantitative estimate of drug-likeness (QED) is 0.326. The van der Waals surface area contributed by atoms with Crippen molar-refractivity contribution in [2.24, 2.45) is 5.92 Å². The topological polar surface area (TPSA) is 138 Å². The molecule has 3 N–H and O–H groups in total. The standard InChI is InChI=1S/C32H40N4O7S/c1-21-6-13-28(14-7-21)44(40,41)34-26-10-15-29-24(16-26)17-31(38)36(23(3)20-37)18-22(2)30(43-29)19-35(4)32(39)33-25-8-11-27(42-5)12-9-25/h6-16,22-23,30,34,37H,17-20H2,1-5H3,(H,33,39)/t22-,23-,30-/m1/s1. The van der Waals surface area contributed by atoms with Crippen LogP contribution in [-0.2, 0) is 21.2 Å². The largest absolute Gasteiger partial charge is 0.497 e. The zero-order valence-corrected chi connectivity index (χ0v) is 26.4. The van der Waals surface area contributed by atoms with Crippen molar-refractivity contribution in [3.8, 4) is 11.5 Å². The van der Waals surface area contributed by atoms with E-state index in [-0.39, 0.29) is 48.0 Å². The Kier molecular flexibility index (Phi) is 10.4. The molecule has 3 aromatic carbocycles. The molecule has 0 aliphatic carbocycles. The number of methoxy groups -OCH3 is 1. The van der Waals surface area contributed by atoms with Crippen LogP contribution >= 0.6 is 0 Å². The molecule has 0 saturated heterocycles. The van der Waals surface area contributed by atoms with Crippen molar-refractivity contribution in [2.45, 2.75) is 44.2 Å².